The first-order valence-electron chi connectivity index (χ1n) is 11.4. The molecule has 0 fully saturated rings. The fraction of sp³-hybridized carbons (Fsp3) is 0.0333. The van der Waals surface area contributed by atoms with Crippen LogP contribution < -0.4 is 17.1 Å². The summed E-state index contributed by atoms with van der Waals surface area (Å²) in [5.41, 5.74) is 9.99. The van der Waals surface area contributed by atoms with Crippen LogP contribution in [0.4, 0.5) is 0 Å². The zero-order chi connectivity index (χ0) is 24.0. The third-order valence-corrected chi connectivity index (χ3v) is 5.98. The molecule has 0 radical (unpaired) electrons. The molecule has 1 aromatic heterocycles. The maximum absolute atomic E-state index is 6.57. The minimum Gasteiger partial charge on any atom is -0.455 e. The smallest absolute Gasteiger partial charge is 0.142 e. The van der Waals surface area contributed by atoms with Crippen LogP contribution in [0.15, 0.2) is 125 Å². The molecule has 0 amide bonds. The molecule has 0 bridgehead atoms. The maximum Gasteiger partial charge on any atom is 0.142 e. The standard InChI is InChI=1S/C30H26N4O/c31-33-29(34-32)19-21-10-9-15-24(18-21)25-16-7-8-17-26(25)28-20-27(22-11-3-1-4-12-22)30(35-28)23-13-5-2-6-14-23/h1-18,20H,19,31-32H2,(H,33,34). The van der Waals surface area contributed by atoms with Crippen LogP contribution >= 0.6 is 0 Å². The number of nitrogens with zero attached hydrogens (tertiary/aromatic N) is 1. The molecule has 0 saturated heterocycles. The van der Waals surface area contributed by atoms with Gasteiger partial charge in [-0.15, -0.1) is 0 Å². The summed E-state index contributed by atoms with van der Waals surface area (Å²) < 4.78 is 6.57. The Morgan fingerprint density at radius 1 is 0.657 bits per heavy atom. The second-order valence-corrected chi connectivity index (χ2v) is 8.23. The van der Waals surface area contributed by atoms with Crippen molar-refractivity contribution < 1.29 is 4.42 Å². The molecule has 5 rings (SSSR count). The van der Waals surface area contributed by atoms with Gasteiger partial charge < -0.3 is 15.7 Å². The lowest BCUT2D eigenvalue weighted by molar-refractivity contribution is 0.598. The van der Waals surface area contributed by atoms with Gasteiger partial charge in [0.2, 0.25) is 0 Å². The number of amidine groups is 1. The first-order valence-corrected chi connectivity index (χ1v) is 11.4. The summed E-state index contributed by atoms with van der Waals surface area (Å²) in [5.74, 6) is 13.1. The molecule has 0 aliphatic carbocycles. The quantitative estimate of drug-likeness (QED) is 0.122. The monoisotopic (exact) mass is 458 g/mol. The lowest BCUT2D eigenvalue weighted by Crippen LogP contribution is -2.32. The van der Waals surface area contributed by atoms with Gasteiger partial charge in [-0.2, -0.15) is 5.10 Å². The Kier molecular flexibility index (Phi) is 6.42. The Labute approximate surface area is 204 Å². The molecular weight excluding hydrogens is 432 g/mol. The number of hydrazine groups is 1. The van der Waals surface area contributed by atoms with Gasteiger partial charge >= 0.3 is 0 Å². The van der Waals surface area contributed by atoms with E-state index in [4.69, 9.17) is 16.1 Å². The van der Waals surface area contributed by atoms with E-state index in [1.165, 1.54) is 0 Å². The third kappa shape index (κ3) is 4.71. The molecule has 172 valence electrons. The van der Waals surface area contributed by atoms with E-state index in [2.05, 4.69) is 65.1 Å². The van der Waals surface area contributed by atoms with Crippen molar-refractivity contribution in [3.05, 3.63) is 121 Å². The number of benzene rings is 4. The van der Waals surface area contributed by atoms with Crippen LogP contribution in [0, 0.1) is 0 Å². The van der Waals surface area contributed by atoms with Gasteiger partial charge in [0, 0.05) is 23.1 Å². The largest absolute Gasteiger partial charge is 0.455 e. The highest BCUT2D eigenvalue weighted by Gasteiger charge is 2.18. The Balaban J connectivity index is 1.62. The molecule has 5 nitrogen and oxygen atoms in total. The normalized spacial score (nSPS) is 11.4. The summed E-state index contributed by atoms with van der Waals surface area (Å²) in [6, 6.07) is 39.3. The number of hydrazone groups is 1. The Bertz CT molecular complexity index is 1400. The predicted octanol–water partition coefficient (Wildman–Crippen LogP) is 6.23. The SMILES string of the molecule is N/N=C(/Cc1cccc(-c2ccccc2-c2cc(-c3ccccc3)c(-c3ccccc3)o2)c1)NN. The Morgan fingerprint density at radius 3 is 1.97 bits per heavy atom. The average molecular weight is 459 g/mol. The Morgan fingerprint density at radius 2 is 1.29 bits per heavy atom. The van der Waals surface area contributed by atoms with Gasteiger partial charge in [-0.05, 0) is 28.3 Å². The minimum atomic E-state index is 0.514. The molecule has 4 aromatic carbocycles. The van der Waals surface area contributed by atoms with E-state index in [-0.39, 0.29) is 0 Å². The summed E-state index contributed by atoms with van der Waals surface area (Å²) in [5, 5.41) is 3.70. The molecule has 0 spiro atoms. The Hall–Kier alpha value is -4.61. The third-order valence-electron chi connectivity index (χ3n) is 5.98. The van der Waals surface area contributed by atoms with Crippen molar-refractivity contribution in [2.75, 3.05) is 0 Å². The molecule has 35 heavy (non-hydrogen) atoms. The molecule has 0 atom stereocenters. The zero-order valence-corrected chi connectivity index (χ0v) is 19.2. The van der Waals surface area contributed by atoms with E-state index in [9.17, 15) is 0 Å². The molecule has 5 N–H and O–H groups in total. The van der Waals surface area contributed by atoms with Crippen LogP contribution in [0.3, 0.4) is 0 Å². The second kappa shape index (κ2) is 10.1. The lowest BCUT2D eigenvalue weighted by Gasteiger charge is -2.10. The molecule has 5 heteroatoms. The van der Waals surface area contributed by atoms with Crippen molar-refractivity contribution in [1.29, 1.82) is 0 Å². The van der Waals surface area contributed by atoms with Crippen molar-refractivity contribution in [3.63, 3.8) is 0 Å². The fourth-order valence-corrected chi connectivity index (χ4v) is 4.29. The molecule has 5 aromatic rings. The van der Waals surface area contributed by atoms with Crippen molar-refractivity contribution in [2.45, 2.75) is 6.42 Å². The summed E-state index contributed by atoms with van der Waals surface area (Å²) >= 11 is 0. The van der Waals surface area contributed by atoms with E-state index in [1.54, 1.807) is 0 Å². The number of nitrogens with one attached hydrogen (secondary N) is 1. The van der Waals surface area contributed by atoms with Crippen molar-refractivity contribution in [2.24, 2.45) is 16.8 Å². The number of nitrogens with two attached hydrogens (primary N) is 2. The van der Waals surface area contributed by atoms with Gasteiger partial charge in [0.15, 0.2) is 0 Å². The molecule has 0 aliphatic heterocycles. The minimum absolute atomic E-state index is 0.514. The number of hydrogen-bond donors (Lipinski definition) is 3. The fourth-order valence-electron chi connectivity index (χ4n) is 4.29. The topological polar surface area (TPSA) is 89.6 Å². The van der Waals surface area contributed by atoms with E-state index in [0.717, 1.165) is 50.5 Å². The van der Waals surface area contributed by atoms with E-state index < -0.39 is 0 Å². The maximum atomic E-state index is 6.57. The number of hydrogen-bond acceptors (Lipinski definition) is 4. The zero-order valence-electron chi connectivity index (χ0n) is 19.2. The summed E-state index contributed by atoms with van der Waals surface area (Å²) in [7, 11) is 0. The van der Waals surface area contributed by atoms with Gasteiger partial charge in [0.05, 0.1) is 0 Å². The van der Waals surface area contributed by atoms with Gasteiger partial charge in [-0.3, -0.25) is 0 Å². The van der Waals surface area contributed by atoms with E-state index >= 15 is 0 Å². The van der Waals surface area contributed by atoms with E-state index in [1.807, 2.05) is 60.7 Å². The second-order valence-electron chi connectivity index (χ2n) is 8.23. The van der Waals surface area contributed by atoms with E-state index in [0.29, 0.717) is 12.3 Å². The van der Waals surface area contributed by atoms with Crippen LogP contribution in [0.2, 0.25) is 0 Å². The summed E-state index contributed by atoms with van der Waals surface area (Å²) in [6.45, 7) is 0. The predicted molar refractivity (Wildman–Crippen MR) is 143 cm³/mol. The van der Waals surface area contributed by atoms with Gasteiger partial charge in [0.1, 0.15) is 17.4 Å². The highest BCUT2D eigenvalue weighted by Crippen LogP contribution is 2.41. The van der Waals surface area contributed by atoms with Gasteiger partial charge in [-0.1, -0.05) is 109 Å². The van der Waals surface area contributed by atoms with Gasteiger partial charge in [0.25, 0.3) is 0 Å². The first-order chi connectivity index (χ1) is 17.3. The summed E-state index contributed by atoms with van der Waals surface area (Å²) in [4.78, 5) is 0. The van der Waals surface area contributed by atoms with Crippen LogP contribution in [-0.2, 0) is 6.42 Å². The van der Waals surface area contributed by atoms with Crippen LogP contribution in [-0.4, -0.2) is 5.84 Å². The first kappa shape index (κ1) is 22.2. The average Bonchev–Trinajstić information content (AvgIpc) is 3.38. The molecule has 1 heterocycles. The lowest BCUT2D eigenvalue weighted by atomic mass is 9.95. The van der Waals surface area contributed by atoms with Crippen molar-refractivity contribution >= 4 is 5.84 Å². The number of rotatable bonds is 6. The van der Waals surface area contributed by atoms with Crippen LogP contribution in [0.5, 0.6) is 0 Å². The number of furan rings is 1. The van der Waals surface area contributed by atoms with Crippen molar-refractivity contribution in [1.82, 2.24) is 5.43 Å². The molecule has 0 unspecified atom stereocenters. The highest BCUT2D eigenvalue weighted by molar-refractivity contribution is 5.89. The van der Waals surface area contributed by atoms with Crippen LogP contribution in [0.25, 0.3) is 44.9 Å². The highest BCUT2D eigenvalue weighted by atomic mass is 16.3. The molecule has 0 saturated carbocycles. The summed E-state index contributed by atoms with van der Waals surface area (Å²) in [6.07, 6.45) is 0.514. The molecule has 0 aliphatic rings. The van der Waals surface area contributed by atoms with Crippen molar-refractivity contribution in [3.8, 4) is 44.9 Å². The molecular formula is C30H26N4O. The van der Waals surface area contributed by atoms with Crippen LogP contribution in [0.1, 0.15) is 5.56 Å². The van der Waals surface area contributed by atoms with Gasteiger partial charge in [-0.25, -0.2) is 5.84 Å².